The Labute approximate surface area is 165 Å². The van der Waals surface area contributed by atoms with Crippen LogP contribution in [-0.2, 0) is 11.2 Å². The molecule has 26 heavy (non-hydrogen) atoms. The van der Waals surface area contributed by atoms with Crippen LogP contribution in [0.1, 0.15) is 10.4 Å². The minimum absolute atomic E-state index is 0.0746. The van der Waals surface area contributed by atoms with Crippen molar-refractivity contribution in [2.24, 2.45) is 0 Å². The topological polar surface area (TPSA) is 51.2 Å². The number of thiazole rings is 1. The van der Waals surface area contributed by atoms with Gasteiger partial charge in [-0.2, -0.15) is 0 Å². The van der Waals surface area contributed by atoms with Crippen molar-refractivity contribution >= 4 is 45.7 Å². The Kier molecular flexibility index (Phi) is 6.55. The summed E-state index contributed by atoms with van der Waals surface area (Å²) in [7, 11) is 1.63. The summed E-state index contributed by atoms with van der Waals surface area (Å²) in [5.41, 5.74) is 1.12. The summed E-state index contributed by atoms with van der Waals surface area (Å²) in [6.07, 6.45) is 2.53. The van der Waals surface area contributed by atoms with Crippen LogP contribution in [-0.4, -0.2) is 23.8 Å². The van der Waals surface area contributed by atoms with E-state index in [1.54, 1.807) is 13.3 Å². The Morgan fingerprint density at radius 1 is 1.27 bits per heavy atom. The molecular formula is C19H17ClN2O2S2. The van der Waals surface area contributed by atoms with Crippen molar-refractivity contribution in [2.45, 2.75) is 11.3 Å². The Hall–Kier alpha value is -2.02. The van der Waals surface area contributed by atoms with Gasteiger partial charge in [0.25, 0.3) is 0 Å². The van der Waals surface area contributed by atoms with Crippen LogP contribution in [0.15, 0.2) is 59.6 Å². The van der Waals surface area contributed by atoms with Gasteiger partial charge in [-0.05, 0) is 42.0 Å². The van der Waals surface area contributed by atoms with Gasteiger partial charge in [-0.25, -0.2) is 4.98 Å². The third-order valence-corrected chi connectivity index (χ3v) is 5.66. The van der Waals surface area contributed by atoms with Crippen molar-refractivity contribution in [3.05, 3.63) is 70.2 Å². The van der Waals surface area contributed by atoms with Crippen LogP contribution in [0.5, 0.6) is 5.75 Å². The minimum atomic E-state index is -0.0746. The number of hydrogen-bond donors (Lipinski definition) is 1. The average molecular weight is 405 g/mol. The normalized spacial score (nSPS) is 10.5. The SMILES string of the molecule is COc1ccc(SCC(=O)Nc2ncc(Cc3cccc(Cl)c3)s2)cc1. The Bertz CT molecular complexity index is 881. The number of hydrogen-bond acceptors (Lipinski definition) is 5. The summed E-state index contributed by atoms with van der Waals surface area (Å²) in [4.78, 5) is 18.5. The molecule has 0 aliphatic carbocycles. The highest BCUT2D eigenvalue weighted by atomic mass is 35.5. The molecule has 0 unspecified atom stereocenters. The van der Waals surface area contributed by atoms with Crippen LogP contribution in [0.3, 0.4) is 0 Å². The molecule has 4 nitrogen and oxygen atoms in total. The van der Waals surface area contributed by atoms with Crippen molar-refractivity contribution in [1.29, 1.82) is 0 Å². The second-order valence-corrected chi connectivity index (χ2v) is 8.05. The number of benzene rings is 2. The molecule has 7 heteroatoms. The first-order valence-electron chi connectivity index (χ1n) is 7.88. The number of carbonyl (C=O) groups excluding carboxylic acids is 1. The Balaban J connectivity index is 1.50. The maximum absolute atomic E-state index is 12.1. The van der Waals surface area contributed by atoms with E-state index in [9.17, 15) is 4.79 Å². The molecule has 0 saturated carbocycles. The van der Waals surface area contributed by atoms with E-state index in [-0.39, 0.29) is 5.91 Å². The second-order valence-electron chi connectivity index (χ2n) is 5.45. The van der Waals surface area contributed by atoms with Gasteiger partial charge in [-0.3, -0.25) is 4.79 Å². The van der Waals surface area contributed by atoms with E-state index in [2.05, 4.69) is 10.3 Å². The van der Waals surface area contributed by atoms with Gasteiger partial charge in [0, 0.05) is 27.4 Å². The molecule has 1 aromatic heterocycles. The molecule has 0 radical (unpaired) electrons. The Morgan fingerprint density at radius 2 is 2.08 bits per heavy atom. The molecule has 1 N–H and O–H groups in total. The molecule has 0 saturated heterocycles. The van der Waals surface area contributed by atoms with Crippen LogP contribution in [0.4, 0.5) is 5.13 Å². The standard InChI is InChI=1S/C19H17ClN2O2S2/c1-24-15-5-7-16(8-6-15)25-12-18(23)22-19-21-11-17(26-19)10-13-3-2-4-14(20)9-13/h2-9,11H,10,12H2,1H3,(H,21,22,23). The lowest BCUT2D eigenvalue weighted by Crippen LogP contribution is -2.13. The molecule has 0 atom stereocenters. The summed E-state index contributed by atoms with van der Waals surface area (Å²) in [6.45, 7) is 0. The van der Waals surface area contributed by atoms with Crippen molar-refractivity contribution < 1.29 is 9.53 Å². The molecule has 3 aromatic rings. The van der Waals surface area contributed by atoms with Gasteiger partial charge in [-0.1, -0.05) is 23.7 Å². The zero-order chi connectivity index (χ0) is 18.4. The van der Waals surface area contributed by atoms with E-state index in [1.165, 1.54) is 23.1 Å². The maximum Gasteiger partial charge on any atom is 0.236 e. The number of thioether (sulfide) groups is 1. The van der Waals surface area contributed by atoms with Gasteiger partial charge in [0.2, 0.25) is 5.91 Å². The molecule has 2 aromatic carbocycles. The highest BCUT2D eigenvalue weighted by Gasteiger charge is 2.08. The third-order valence-electron chi connectivity index (χ3n) is 3.50. The largest absolute Gasteiger partial charge is 0.497 e. The molecule has 0 aliphatic rings. The monoisotopic (exact) mass is 404 g/mol. The van der Waals surface area contributed by atoms with E-state index in [4.69, 9.17) is 16.3 Å². The zero-order valence-corrected chi connectivity index (χ0v) is 16.5. The van der Waals surface area contributed by atoms with E-state index in [1.807, 2.05) is 48.5 Å². The van der Waals surface area contributed by atoms with Crippen LogP contribution in [0.2, 0.25) is 5.02 Å². The molecule has 0 bridgehead atoms. The van der Waals surface area contributed by atoms with Crippen LogP contribution < -0.4 is 10.1 Å². The number of aromatic nitrogens is 1. The fourth-order valence-corrected chi connectivity index (χ4v) is 4.05. The van der Waals surface area contributed by atoms with E-state index >= 15 is 0 Å². The molecule has 0 aliphatic heterocycles. The highest BCUT2D eigenvalue weighted by Crippen LogP contribution is 2.24. The number of nitrogens with one attached hydrogen (secondary N) is 1. The summed E-state index contributed by atoms with van der Waals surface area (Å²) >= 11 is 8.96. The number of methoxy groups -OCH3 is 1. The number of halogens is 1. The molecule has 0 fully saturated rings. The lowest BCUT2D eigenvalue weighted by atomic mass is 10.1. The van der Waals surface area contributed by atoms with Gasteiger partial charge < -0.3 is 10.1 Å². The van der Waals surface area contributed by atoms with Crippen LogP contribution in [0, 0.1) is 0 Å². The number of carbonyl (C=O) groups is 1. The maximum atomic E-state index is 12.1. The van der Waals surface area contributed by atoms with Crippen molar-refractivity contribution in [2.75, 3.05) is 18.2 Å². The summed E-state index contributed by atoms with van der Waals surface area (Å²) in [5.74, 6) is 1.05. The molecule has 1 amide bonds. The fourth-order valence-electron chi connectivity index (χ4n) is 2.27. The van der Waals surface area contributed by atoms with Gasteiger partial charge in [0.1, 0.15) is 5.75 Å². The predicted molar refractivity (Wildman–Crippen MR) is 109 cm³/mol. The molecule has 3 rings (SSSR count). The average Bonchev–Trinajstić information content (AvgIpc) is 3.07. The van der Waals surface area contributed by atoms with E-state index in [0.29, 0.717) is 10.9 Å². The summed E-state index contributed by atoms with van der Waals surface area (Å²) in [6, 6.07) is 15.4. The van der Waals surface area contributed by atoms with Gasteiger partial charge in [-0.15, -0.1) is 23.1 Å². The van der Waals surface area contributed by atoms with Gasteiger partial charge >= 0.3 is 0 Å². The quantitative estimate of drug-likeness (QED) is 0.555. The van der Waals surface area contributed by atoms with E-state index in [0.717, 1.165) is 32.5 Å². The summed E-state index contributed by atoms with van der Waals surface area (Å²) < 4.78 is 5.12. The summed E-state index contributed by atoms with van der Waals surface area (Å²) in [5, 5.41) is 4.18. The third kappa shape index (κ3) is 5.49. The fraction of sp³-hybridized carbons (Fsp3) is 0.158. The molecule has 0 spiro atoms. The smallest absolute Gasteiger partial charge is 0.236 e. The van der Waals surface area contributed by atoms with Gasteiger partial charge in [0.15, 0.2) is 5.13 Å². The zero-order valence-electron chi connectivity index (χ0n) is 14.1. The number of nitrogens with zero attached hydrogens (tertiary/aromatic N) is 1. The van der Waals surface area contributed by atoms with E-state index < -0.39 is 0 Å². The first-order valence-corrected chi connectivity index (χ1v) is 10.1. The van der Waals surface area contributed by atoms with Crippen LogP contribution >= 0.6 is 34.7 Å². The van der Waals surface area contributed by atoms with Crippen molar-refractivity contribution in [1.82, 2.24) is 4.98 Å². The molecular weight excluding hydrogens is 388 g/mol. The minimum Gasteiger partial charge on any atom is -0.497 e. The molecule has 1 heterocycles. The van der Waals surface area contributed by atoms with Crippen molar-refractivity contribution in [3.63, 3.8) is 0 Å². The molecule has 134 valence electrons. The number of amides is 1. The lowest BCUT2D eigenvalue weighted by molar-refractivity contribution is -0.113. The Morgan fingerprint density at radius 3 is 2.81 bits per heavy atom. The highest BCUT2D eigenvalue weighted by molar-refractivity contribution is 8.00. The lowest BCUT2D eigenvalue weighted by Gasteiger charge is -2.03. The number of ether oxygens (including phenoxy) is 1. The first kappa shape index (κ1) is 18.8. The predicted octanol–water partition coefficient (Wildman–Crippen LogP) is 5.13. The second kappa shape index (κ2) is 9.07. The number of anilines is 1. The first-order chi connectivity index (χ1) is 12.6. The van der Waals surface area contributed by atoms with Gasteiger partial charge in [0.05, 0.1) is 12.9 Å². The number of rotatable bonds is 7. The van der Waals surface area contributed by atoms with Crippen LogP contribution in [0.25, 0.3) is 0 Å². The van der Waals surface area contributed by atoms with Crippen molar-refractivity contribution in [3.8, 4) is 5.75 Å².